The second kappa shape index (κ2) is 11.0. The molecule has 1 heterocycles. The summed E-state index contributed by atoms with van der Waals surface area (Å²) in [6, 6.07) is 24.0. The zero-order valence-electron chi connectivity index (χ0n) is 18.8. The van der Waals surface area contributed by atoms with Gasteiger partial charge in [0.15, 0.2) is 0 Å². The second-order valence-electron chi connectivity index (χ2n) is 8.02. The molecule has 0 aliphatic carbocycles. The number of thioether (sulfide) groups is 1. The van der Waals surface area contributed by atoms with Crippen LogP contribution in [0.1, 0.15) is 16.7 Å². The van der Waals surface area contributed by atoms with E-state index in [0.29, 0.717) is 27.2 Å². The zero-order chi connectivity index (χ0) is 24.9. The molecule has 1 saturated heterocycles. The molecular weight excluding hydrogens is 501 g/mol. The minimum Gasteiger partial charge on any atom is -0.347 e. The lowest BCUT2D eigenvalue weighted by atomic mass is 10.1. The Morgan fingerprint density at radius 1 is 1.09 bits per heavy atom. The molecule has 3 aromatic rings. The van der Waals surface area contributed by atoms with E-state index in [2.05, 4.69) is 5.32 Å². The van der Waals surface area contributed by atoms with E-state index < -0.39 is 11.2 Å². The van der Waals surface area contributed by atoms with Crippen LogP contribution in [0.4, 0.5) is 5.69 Å². The van der Waals surface area contributed by atoms with Crippen LogP contribution in [-0.2, 0) is 22.6 Å². The Kier molecular flexibility index (Phi) is 7.82. The number of amides is 2. The van der Waals surface area contributed by atoms with E-state index >= 15 is 0 Å². The van der Waals surface area contributed by atoms with Crippen molar-refractivity contribution >= 4 is 52.5 Å². The summed E-state index contributed by atoms with van der Waals surface area (Å²) in [7, 11) is 0. The van der Waals surface area contributed by atoms with Crippen molar-refractivity contribution in [2.75, 3.05) is 4.90 Å². The fourth-order valence-corrected chi connectivity index (χ4v) is 5.45. The van der Waals surface area contributed by atoms with Crippen molar-refractivity contribution in [2.24, 2.45) is 0 Å². The molecule has 3 aromatic carbocycles. The predicted molar refractivity (Wildman–Crippen MR) is 141 cm³/mol. The van der Waals surface area contributed by atoms with E-state index in [9.17, 15) is 14.9 Å². The lowest BCUT2D eigenvalue weighted by Crippen LogP contribution is -2.32. The number of nitrogens with one attached hydrogen (secondary N) is 1. The Morgan fingerprint density at radius 2 is 1.80 bits per heavy atom. The summed E-state index contributed by atoms with van der Waals surface area (Å²) >= 11 is 13.6. The number of halogens is 2. The van der Waals surface area contributed by atoms with Crippen LogP contribution < -0.4 is 10.2 Å². The number of anilines is 1. The van der Waals surface area contributed by atoms with Gasteiger partial charge in [-0.05, 0) is 48.7 Å². The molecule has 5 nitrogen and oxygen atoms in total. The van der Waals surface area contributed by atoms with Gasteiger partial charge in [-0.15, -0.1) is 0 Å². The normalized spacial score (nSPS) is 16.7. The number of carbonyl (C=O) groups excluding carboxylic acids is 2. The second-order valence-corrected chi connectivity index (χ2v) is 10.1. The first-order chi connectivity index (χ1) is 16.9. The lowest BCUT2D eigenvalue weighted by molar-refractivity contribution is -0.117. The summed E-state index contributed by atoms with van der Waals surface area (Å²) in [5.41, 5.74) is 3.19. The van der Waals surface area contributed by atoms with Crippen molar-refractivity contribution in [3.8, 4) is 6.07 Å². The molecule has 2 amide bonds. The van der Waals surface area contributed by atoms with Crippen molar-refractivity contribution in [2.45, 2.75) is 25.1 Å². The Balaban J connectivity index is 1.68. The van der Waals surface area contributed by atoms with Crippen LogP contribution in [0.5, 0.6) is 0 Å². The number of aryl methyl sites for hydroxylation is 1. The number of rotatable bonds is 6. The monoisotopic (exact) mass is 521 g/mol. The third-order valence-electron chi connectivity index (χ3n) is 5.51. The molecule has 0 aromatic heterocycles. The van der Waals surface area contributed by atoms with Gasteiger partial charge in [-0.3, -0.25) is 14.5 Å². The number of hydrogen-bond acceptors (Lipinski definition) is 4. The van der Waals surface area contributed by atoms with Crippen molar-refractivity contribution < 1.29 is 9.59 Å². The molecule has 0 spiro atoms. The van der Waals surface area contributed by atoms with Gasteiger partial charge >= 0.3 is 0 Å². The van der Waals surface area contributed by atoms with Crippen LogP contribution in [0.15, 0.2) is 83.4 Å². The molecule has 8 heteroatoms. The third kappa shape index (κ3) is 5.71. The van der Waals surface area contributed by atoms with Crippen LogP contribution in [-0.4, -0.2) is 17.1 Å². The van der Waals surface area contributed by atoms with Crippen LogP contribution in [0, 0.1) is 18.3 Å². The van der Waals surface area contributed by atoms with Crippen molar-refractivity contribution in [1.29, 1.82) is 5.26 Å². The largest absolute Gasteiger partial charge is 0.347 e. The smallest absolute Gasteiger partial charge is 0.264 e. The number of carbonyl (C=O) groups is 2. The van der Waals surface area contributed by atoms with Gasteiger partial charge in [0.2, 0.25) is 5.91 Å². The lowest BCUT2D eigenvalue weighted by Gasteiger charge is -2.19. The van der Waals surface area contributed by atoms with E-state index in [0.717, 1.165) is 16.7 Å². The van der Waals surface area contributed by atoms with Crippen LogP contribution >= 0.6 is 35.0 Å². The van der Waals surface area contributed by atoms with E-state index in [-0.39, 0.29) is 18.0 Å². The van der Waals surface area contributed by atoms with E-state index in [1.54, 1.807) is 18.2 Å². The summed E-state index contributed by atoms with van der Waals surface area (Å²) in [4.78, 5) is 28.1. The fourth-order valence-electron chi connectivity index (χ4n) is 3.67. The topological polar surface area (TPSA) is 73.2 Å². The SMILES string of the molecule is Cc1ccc(N2C(=O)[C@@H](Cc3ccc(Cl)cc3Cl)S/C2=C(/C#N)C(=O)NCc2ccccc2)cc1. The summed E-state index contributed by atoms with van der Waals surface area (Å²) in [5, 5.41) is 13.5. The summed E-state index contributed by atoms with van der Waals surface area (Å²) in [5.74, 6) is -0.752. The van der Waals surface area contributed by atoms with Crippen LogP contribution in [0.3, 0.4) is 0 Å². The average Bonchev–Trinajstić information content (AvgIpc) is 3.16. The summed E-state index contributed by atoms with van der Waals surface area (Å²) < 4.78 is 0. The van der Waals surface area contributed by atoms with Gasteiger partial charge in [0.05, 0.1) is 5.25 Å². The van der Waals surface area contributed by atoms with E-state index in [4.69, 9.17) is 23.2 Å². The first kappa shape index (κ1) is 24.9. The molecule has 176 valence electrons. The maximum absolute atomic E-state index is 13.6. The molecule has 0 unspecified atom stereocenters. The number of nitriles is 1. The minimum absolute atomic E-state index is 0.107. The fraction of sp³-hybridized carbons (Fsp3) is 0.148. The van der Waals surface area contributed by atoms with Gasteiger partial charge in [0.1, 0.15) is 16.7 Å². The summed E-state index contributed by atoms with van der Waals surface area (Å²) in [6.07, 6.45) is 0.329. The maximum Gasteiger partial charge on any atom is 0.264 e. The van der Waals surface area contributed by atoms with Crippen molar-refractivity contribution in [3.63, 3.8) is 0 Å². The van der Waals surface area contributed by atoms with Crippen LogP contribution in [0.2, 0.25) is 10.0 Å². The molecule has 1 N–H and O–H groups in total. The van der Waals surface area contributed by atoms with E-state index in [1.807, 2.05) is 67.6 Å². The number of benzene rings is 3. The molecule has 0 saturated carbocycles. The first-order valence-corrected chi connectivity index (χ1v) is 12.5. The highest BCUT2D eigenvalue weighted by Gasteiger charge is 2.41. The summed E-state index contributed by atoms with van der Waals surface area (Å²) in [6.45, 7) is 2.22. The Bertz CT molecular complexity index is 1330. The minimum atomic E-state index is -0.560. The molecule has 0 bridgehead atoms. The molecular formula is C27H21Cl2N3O2S. The molecule has 35 heavy (non-hydrogen) atoms. The molecule has 4 rings (SSSR count). The standard InChI is InChI=1S/C27H21Cl2N3O2S/c1-17-7-11-21(12-8-17)32-26(34)24(13-19-9-10-20(28)14-23(19)29)35-27(32)22(15-30)25(33)31-16-18-5-3-2-4-6-18/h2-12,14,24H,13,16H2,1H3,(H,31,33)/b27-22-/t24-/m1/s1. The molecule has 1 aliphatic rings. The van der Waals surface area contributed by atoms with Gasteiger partial charge in [-0.1, -0.05) is 89.1 Å². The van der Waals surface area contributed by atoms with Gasteiger partial charge in [0, 0.05) is 22.3 Å². The number of hydrogen-bond donors (Lipinski definition) is 1. The molecule has 1 atom stereocenters. The van der Waals surface area contributed by atoms with Crippen molar-refractivity contribution in [1.82, 2.24) is 5.32 Å². The average molecular weight is 522 g/mol. The third-order valence-corrected chi connectivity index (χ3v) is 7.36. The van der Waals surface area contributed by atoms with Crippen molar-refractivity contribution in [3.05, 3.63) is 110 Å². The maximum atomic E-state index is 13.6. The molecule has 1 fully saturated rings. The molecule has 0 radical (unpaired) electrons. The highest BCUT2D eigenvalue weighted by molar-refractivity contribution is 8.05. The van der Waals surface area contributed by atoms with Crippen LogP contribution in [0.25, 0.3) is 0 Å². The Hall–Kier alpha value is -3.24. The Morgan fingerprint density at radius 3 is 2.46 bits per heavy atom. The Labute approximate surface area is 218 Å². The number of nitrogens with zero attached hydrogens (tertiary/aromatic N) is 2. The van der Waals surface area contributed by atoms with Gasteiger partial charge < -0.3 is 5.32 Å². The molecule has 1 aliphatic heterocycles. The quantitative estimate of drug-likeness (QED) is 0.316. The first-order valence-electron chi connectivity index (χ1n) is 10.8. The zero-order valence-corrected chi connectivity index (χ0v) is 21.1. The van der Waals surface area contributed by atoms with Gasteiger partial charge in [-0.2, -0.15) is 5.26 Å². The predicted octanol–water partition coefficient (Wildman–Crippen LogP) is 6.04. The van der Waals surface area contributed by atoms with Gasteiger partial charge in [0.25, 0.3) is 5.91 Å². The highest BCUT2D eigenvalue weighted by Crippen LogP contribution is 2.42. The van der Waals surface area contributed by atoms with E-state index in [1.165, 1.54) is 16.7 Å². The highest BCUT2D eigenvalue weighted by atomic mass is 35.5. The van der Waals surface area contributed by atoms with Gasteiger partial charge in [-0.25, -0.2) is 0 Å².